The van der Waals surface area contributed by atoms with E-state index >= 15 is 0 Å². The summed E-state index contributed by atoms with van der Waals surface area (Å²) in [6, 6.07) is 27.4. The van der Waals surface area contributed by atoms with E-state index in [9.17, 15) is 0 Å². The molecular weight excluding hydrogens is 314 g/mol. The first-order chi connectivity index (χ1) is 12.8. The molecule has 0 atom stereocenters. The minimum atomic E-state index is 1.07. The Morgan fingerprint density at radius 1 is 0.769 bits per heavy atom. The number of allylic oxidation sites excluding steroid dienone is 5. The van der Waals surface area contributed by atoms with Crippen molar-refractivity contribution >= 4 is 16.9 Å². The van der Waals surface area contributed by atoms with E-state index in [4.69, 9.17) is 0 Å². The highest BCUT2D eigenvalue weighted by molar-refractivity contribution is 5.76. The fourth-order valence-corrected chi connectivity index (χ4v) is 2.84. The van der Waals surface area contributed by atoms with Gasteiger partial charge in [0.15, 0.2) is 0 Å². The summed E-state index contributed by atoms with van der Waals surface area (Å²) in [5.41, 5.74) is 6.92. The standard InChI is InChI=1S/C25H23N/c1-3-8-20(9-4-2)22-12-16-24(17-13-22)26-25-18-14-23(15-19-25)21-10-6-5-7-11-21/h3-19,26H,1H2,2H3/b9-4-,20-8+. The molecule has 1 heteroatoms. The molecule has 3 rings (SSSR count). The van der Waals surface area contributed by atoms with E-state index in [1.54, 1.807) is 0 Å². The van der Waals surface area contributed by atoms with Crippen LogP contribution in [-0.2, 0) is 0 Å². The van der Waals surface area contributed by atoms with E-state index in [1.165, 1.54) is 16.7 Å². The van der Waals surface area contributed by atoms with Crippen molar-refractivity contribution in [1.29, 1.82) is 0 Å². The lowest BCUT2D eigenvalue weighted by Gasteiger charge is -2.09. The summed E-state index contributed by atoms with van der Waals surface area (Å²) in [5.74, 6) is 0. The third-order valence-corrected chi connectivity index (χ3v) is 4.14. The third kappa shape index (κ3) is 4.40. The number of benzene rings is 3. The lowest BCUT2D eigenvalue weighted by molar-refractivity contribution is 1.52. The average Bonchev–Trinajstić information content (AvgIpc) is 2.70. The molecule has 1 nitrogen and oxygen atoms in total. The van der Waals surface area contributed by atoms with Gasteiger partial charge in [0.25, 0.3) is 0 Å². The first-order valence-corrected chi connectivity index (χ1v) is 8.78. The monoisotopic (exact) mass is 337 g/mol. The van der Waals surface area contributed by atoms with Crippen molar-refractivity contribution in [3.63, 3.8) is 0 Å². The van der Waals surface area contributed by atoms with Gasteiger partial charge in [-0.3, -0.25) is 0 Å². The van der Waals surface area contributed by atoms with Crippen LogP contribution in [0.5, 0.6) is 0 Å². The topological polar surface area (TPSA) is 12.0 Å². The fourth-order valence-electron chi connectivity index (χ4n) is 2.84. The number of rotatable bonds is 6. The van der Waals surface area contributed by atoms with Gasteiger partial charge in [-0.25, -0.2) is 0 Å². The molecule has 0 aliphatic carbocycles. The molecule has 0 fully saturated rings. The molecule has 0 saturated carbocycles. The fraction of sp³-hybridized carbons (Fsp3) is 0.0400. The second-order valence-corrected chi connectivity index (χ2v) is 6.00. The Kier molecular flexibility index (Phi) is 5.84. The van der Waals surface area contributed by atoms with Gasteiger partial charge in [-0.2, -0.15) is 0 Å². The molecule has 0 unspecified atom stereocenters. The van der Waals surface area contributed by atoms with Crippen molar-refractivity contribution in [3.05, 3.63) is 115 Å². The lowest BCUT2D eigenvalue weighted by atomic mass is 10.0. The highest BCUT2D eigenvalue weighted by Gasteiger charge is 2.00. The molecular formula is C25H23N. The van der Waals surface area contributed by atoms with Gasteiger partial charge in [0.2, 0.25) is 0 Å². The van der Waals surface area contributed by atoms with Crippen LogP contribution in [-0.4, -0.2) is 0 Å². The summed E-state index contributed by atoms with van der Waals surface area (Å²) < 4.78 is 0. The third-order valence-electron chi connectivity index (χ3n) is 4.14. The van der Waals surface area contributed by atoms with Crippen molar-refractivity contribution in [1.82, 2.24) is 0 Å². The van der Waals surface area contributed by atoms with Gasteiger partial charge < -0.3 is 5.32 Å². The van der Waals surface area contributed by atoms with E-state index in [1.807, 2.05) is 31.2 Å². The summed E-state index contributed by atoms with van der Waals surface area (Å²) in [5, 5.41) is 3.46. The molecule has 0 aromatic heterocycles. The largest absolute Gasteiger partial charge is 0.356 e. The Morgan fingerprint density at radius 2 is 1.35 bits per heavy atom. The van der Waals surface area contributed by atoms with E-state index in [2.05, 4.69) is 90.8 Å². The zero-order valence-corrected chi connectivity index (χ0v) is 15.0. The number of hydrogen-bond acceptors (Lipinski definition) is 1. The molecule has 0 spiro atoms. The molecule has 0 aliphatic rings. The smallest absolute Gasteiger partial charge is 0.0384 e. The Hall–Kier alpha value is -3.32. The van der Waals surface area contributed by atoms with Gasteiger partial charge >= 0.3 is 0 Å². The van der Waals surface area contributed by atoms with E-state index in [0.717, 1.165) is 16.9 Å². The SMILES string of the molecule is C=C/C=C(\C=C/C)c1ccc(Nc2ccc(-c3ccccc3)cc2)cc1. The normalized spacial score (nSPS) is 11.5. The number of hydrogen-bond donors (Lipinski definition) is 1. The van der Waals surface area contributed by atoms with E-state index in [0.29, 0.717) is 0 Å². The molecule has 3 aromatic carbocycles. The molecule has 0 heterocycles. The summed E-state index contributed by atoms with van der Waals surface area (Å²) in [4.78, 5) is 0. The molecule has 0 radical (unpaired) electrons. The maximum atomic E-state index is 3.79. The molecule has 128 valence electrons. The van der Waals surface area contributed by atoms with E-state index < -0.39 is 0 Å². The van der Waals surface area contributed by atoms with Gasteiger partial charge in [-0.1, -0.05) is 85.5 Å². The second-order valence-electron chi connectivity index (χ2n) is 6.00. The molecule has 0 aliphatic heterocycles. The Balaban J connectivity index is 1.73. The average molecular weight is 337 g/mol. The van der Waals surface area contributed by atoms with Crippen LogP contribution < -0.4 is 5.32 Å². The van der Waals surface area contributed by atoms with Crippen LogP contribution in [0.15, 0.2) is 110 Å². The highest BCUT2D eigenvalue weighted by Crippen LogP contribution is 2.24. The quantitative estimate of drug-likeness (QED) is 0.467. The van der Waals surface area contributed by atoms with Crippen LogP contribution in [0.3, 0.4) is 0 Å². The minimum absolute atomic E-state index is 1.07. The van der Waals surface area contributed by atoms with Gasteiger partial charge in [0, 0.05) is 11.4 Å². The molecule has 0 bridgehead atoms. The molecule has 1 N–H and O–H groups in total. The van der Waals surface area contributed by atoms with Crippen LogP contribution in [0.4, 0.5) is 11.4 Å². The summed E-state index contributed by atoms with van der Waals surface area (Å²) in [6.07, 6.45) is 7.96. The molecule has 26 heavy (non-hydrogen) atoms. The van der Waals surface area contributed by atoms with Gasteiger partial charge in [-0.05, 0) is 53.5 Å². The number of anilines is 2. The van der Waals surface area contributed by atoms with E-state index in [-0.39, 0.29) is 0 Å². The van der Waals surface area contributed by atoms with Crippen LogP contribution in [0.2, 0.25) is 0 Å². The predicted molar refractivity (Wildman–Crippen MR) is 115 cm³/mol. The van der Waals surface area contributed by atoms with Gasteiger partial charge in [0.1, 0.15) is 0 Å². The Bertz CT molecular complexity index is 899. The van der Waals surface area contributed by atoms with Gasteiger partial charge in [-0.15, -0.1) is 0 Å². The van der Waals surface area contributed by atoms with Crippen molar-refractivity contribution in [3.8, 4) is 11.1 Å². The second kappa shape index (κ2) is 8.68. The first-order valence-electron chi connectivity index (χ1n) is 8.78. The summed E-state index contributed by atoms with van der Waals surface area (Å²) in [6.45, 7) is 5.81. The van der Waals surface area contributed by atoms with Crippen molar-refractivity contribution in [2.45, 2.75) is 6.92 Å². The Morgan fingerprint density at radius 3 is 1.92 bits per heavy atom. The van der Waals surface area contributed by atoms with Crippen molar-refractivity contribution in [2.75, 3.05) is 5.32 Å². The van der Waals surface area contributed by atoms with Crippen LogP contribution in [0, 0.1) is 0 Å². The zero-order chi connectivity index (χ0) is 18.2. The Labute approximate surface area is 156 Å². The maximum absolute atomic E-state index is 3.79. The van der Waals surface area contributed by atoms with Crippen LogP contribution >= 0.6 is 0 Å². The number of nitrogens with one attached hydrogen (secondary N) is 1. The summed E-state index contributed by atoms with van der Waals surface area (Å²) in [7, 11) is 0. The predicted octanol–water partition coefficient (Wildman–Crippen LogP) is 7.24. The lowest BCUT2D eigenvalue weighted by Crippen LogP contribution is -1.91. The maximum Gasteiger partial charge on any atom is 0.0384 e. The first kappa shape index (κ1) is 17.5. The van der Waals surface area contributed by atoms with Crippen LogP contribution in [0.25, 0.3) is 16.7 Å². The van der Waals surface area contributed by atoms with Gasteiger partial charge in [0.05, 0.1) is 0 Å². The molecule has 0 saturated heterocycles. The highest BCUT2D eigenvalue weighted by atomic mass is 14.9. The molecule has 0 amide bonds. The zero-order valence-electron chi connectivity index (χ0n) is 15.0. The minimum Gasteiger partial charge on any atom is -0.356 e. The van der Waals surface area contributed by atoms with Crippen molar-refractivity contribution < 1.29 is 0 Å². The van der Waals surface area contributed by atoms with Crippen molar-refractivity contribution in [2.24, 2.45) is 0 Å². The summed E-state index contributed by atoms with van der Waals surface area (Å²) >= 11 is 0. The molecule has 3 aromatic rings. The van der Waals surface area contributed by atoms with Crippen LogP contribution in [0.1, 0.15) is 12.5 Å².